The molecule has 2 nitrogen and oxygen atoms in total. The highest BCUT2D eigenvalue weighted by atomic mass is 79.9. The van der Waals surface area contributed by atoms with Crippen LogP contribution in [0.25, 0.3) is 0 Å². The summed E-state index contributed by atoms with van der Waals surface area (Å²) in [6, 6.07) is 7.13. The number of halogens is 5. The fourth-order valence-electron chi connectivity index (χ4n) is 1.67. The number of nitrogens with two attached hydrogens (primary N) is 1. The molecule has 0 saturated carbocycles. The first-order valence-corrected chi connectivity index (χ1v) is 6.60. The van der Waals surface area contributed by atoms with Crippen LogP contribution in [0.1, 0.15) is 11.1 Å². The van der Waals surface area contributed by atoms with Gasteiger partial charge in [-0.05, 0) is 39.7 Å². The normalized spacial score (nSPS) is 11.5. The predicted octanol–water partition coefficient (Wildman–Crippen LogP) is 4.77. The molecule has 7 heteroatoms. The molecule has 0 atom stereocenters. The van der Waals surface area contributed by atoms with E-state index in [2.05, 4.69) is 15.9 Å². The molecule has 0 aliphatic rings. The van der Waals surface area contributed by atoms with Crippen LogP contribution in [0, 0.1) is 5.82 Å². The average Bonchev–Trinajstić information content (AvgIpc) is 2.41. The molecule has 112 valence electrons. The first-order valence-electron chi connectivity index (χ1n) is 5.81. The fraction of sp³-hybridized carbons (Fsp3) is 0.143. The van der Waals surface area contributed by atoms with Crippen LogP contribution in [-0.2, 0) is 12.8 Å². The summed E-state index contributed by atoms with van der Waals surface area (Å²) in [4.78, 5) is 0. The Kier molecular flexibility index (Phi) is 4.41. The Morgan fingerprint density at radius 3 is 2.52 bits per heavy atom. The Morgan fingerprint density at radius 2 is 1.86 bits per heavy atom. The predicted molar refractivity (Wildman–Crippen MR) is 74.3 cm³/mol. The largest absolute Gasteiger partial charge is 0.487 e. The second kappa shape index (κ2) is 5.93. The number of alkyl halides is 3. The third kappa shape index (κ3) is 3.87. The number of nitrogen functional groups attached to an aromatic ring is 1. The van der Waals surface area contributed by atoms with Gasteiger partial charge in [0, 0.05) is 6.07 Å². The first-order chi connectivity index (χ1) is 9.77. The van der Waals surface area contributed by atoms with Crippen molar-refractivity contribution in [1.29, 1.82) is 0 Å². The third-order valence-corrected chi connectivity index (χ3v) is 3.31. The van der Waals surface area contributed by atoms with Gasteiger partial charge in [-0.2, -0.15) is 13.2 Å². The maximum absolute atomic E-state index is 13.4. The van der Waals surface area contributed by atoms with Crippen LogP contribution in [0.3, 0.4) is 0 Å². The van der Waals surface area contributed by atoms with Crippen molar-refractivity contribution in [3.8, 4) is 5.75 Å². The molecule has 0 radical (unpaired) electrons. The van der Waals surface area contributed by atoms with Crippen molar-refractivity contribution in [3.63, 3.8) is 0 Å². The molecule has 2 aromatic rings. The van der Waals surface area contributed by atoms with E-state index in [1.54, 1.807) is 0 Å². The molecular weight excluding hydrogens is 354 g/mol. The van der Waals surface area contributed by atoms with Gasteiger partial charge in [-0.15, -0.1) is 0 Å². The van der Waals surface area contributed by atoms with Crippen molar-refractivity contribution in [2.75, 3.05) is 5.73 Å². The highest BCUT2D eigenvalue weighted by molar-refractivity contribution is 9.10. The maximum atomic E-state index is 13.4. The number of hydrogen-bond donors (Lipinski definition) is 1. The highest BCUT2D eigenvalue weighted by Gasteiger charge is 2.30. The first kappa shape index (κ1) is 15.6. The Hall–Kier alpha value is -1.76. The maximum Gasteiger partial charge on any atom is 0.416 e. The van der Waals surface area contributed by atoms with Crippen LogP contribution in [-0.4, -0.2) is 0 Å². The van der Waals surface area contributed by atoms with Gasteiger partial charge in [0.15, 0.2) is 0 Å². The van der Waals surface area contributed by atoms with Crippen molar-refractivity contribution < 1.29 is 22.3 Å². The molecule has 2 rings (SSSR count). The topological polar surface area (TPSA) is 35.2 Å². The van der Waals surface area contributed by atoms with Crippen molar-refractivity contribution in [2.24, 2.45) is 0 Å². The minimum absolute atomic E-state index is 0.0770. The van der Waals surface area contributed by atoms with Crippen LogP contribution < -0.4 is 10.5 Å². The molecule has 0 aliphatic heterocycles. The number of hydrogen-bond acceptors (Lipinski definition) is 2. The second-order valence-electron chi connectivity index (χ2n) is 4.29. The summed E-state index contributed by atoms with van der Waals surface area (Å²) in [6.45, 7) is -0.144. The summed E-state index contributed by atoms with van der Waals surface area (Å²) in [7, 11) is 0. The van der Waals surface area contributed by atoms with E-state index in [9.17, 15) is 17.6 Å². The lowest BCUT2D eigenvalue weighted by Gasteiger charge is -2.12. The van der Waals surface area contributed by atoms with Crippen molar-refractivity contribution in [1.82, 2.24) is 0 Å². The SMILES string of the molecule is Nc1cc(Br)c(F)cc1OCc1cccc(C(F)(F)F)c1. The van der Waals surface area contributed by atoms with Gasteiger partial charge in [-0.3, -0.25) is 0 Å². The van der Waals surface area contributed by atoms with Gasteiger partial charge in [0.2, 0.25) is 0 Å². The number of ether oxygens (including phenoxy) is 1. The summed E-state index contributed by atoms with van der Waals surface area (Å²) in [5.41, 5.74) is 5.39. The Balaban J connectivity index is 2.15. The lowest BCUT2D eigenvalue weighted by Crippen LogP contribution is -2.06. The zero-order valence-corrected chi connectivity index (χ0v) is 12.1. The van der Waals surface area contributed by atoms with Gasteiger partial charge < -0.3 is 10.5 Å². The van der Waals surface area contributed by atoms with Crippen molar-refractivity contribution >= 4 is 21.6 Å². The molecular formula is C14H10BrF4NO. The smallest absolute Gasteiger partial charge is 0.416 e. The lowest BCUT2D eigenvalue weighted by molar-refractivity contribution is -0.137. The molecule has 0 aliphatic carbocycles. The van der Waals surface area contributed by atoms with Gasteiger partial charge in [0.05, 0.1) is 15.7 Å². The quantitative estimate of drug-likeness (QED) is 0.629. The summed E-state index contributed by atoms with van der Waals surface area (Å²) < 4.78 is 56.6. The van der Waals surface area contributed by atoms with E-state index in [-0.39, 0.29) is 22.5 Å². The minimum atomic E-state index is -4.42. The molecule has 0 saturated heterocycles. The van der Waals surface area contributed by atoms with Gasteiger partial charge in [-0.1, -0.05) is 12.1 Å². The summed E-state index contributed by atoms with van der Waals surface area (Å²) >= 11 is 2.97. The van der Waals surface area contributed by atoms with E-state index in [1.165, 1.54) is 18.2 Å². The van der Waals surface area contributed by atoms with Gasteiger partial charge >= 0.3 is 6.18 Å². The van der Waals surface area contributed by atoms with Crippen LogP contribution >= 0.6 is 15.9 Å². The van der Waals surface area contributed by atoms with Crippen molar-refractivity contribution in [3.05, 3.63) is 57.8 Å². The molecule has 0 unspecified atom stereocenters. The monoisotopic (exact) mass is 363 g/mol. The Labute approximate surface area is 126 Å². The molecule has 0 aromatic heterocycles. The summed E-state index contributed by atoms with van der Waals surface area (Å²) in [5.74, 6) is -0.489. The number of benzene rings is 2. The molecule has 0 spiro atoms. The molecule has 0 bridgehead atoms. The molecule has 2 aromatic carbocycles. The average molecular weight is 364 g/mol. The number of rotatable bonds is 3. The lowest BCUT2D eigenvalue weighted by atomic mass is 10.1. The standard InChI is InChI=1S/C14H10BrF4NO/c15-10-5-12(20)13(6-11(10)16)21-7-8-2-1-3-9(4-8)14(17,18)19/h1-6H,7,20H2. The molecule has 2 N–H and O–H groups in total. The molecule has 0 heterocycles. The van der Waals surface area contributed by atoms with E-state index in [0.29, 0.717) is 5.56 Å². The zero-order chi connectivity index (χ0) is 15.6. The molecule has 0 fully saturated rings. The summed E-state index contributed by atoms with van der Waals surface area (Å²) in [6.07, 6.45) is -4.42. The zero-order valence-electron chi connectivity index (χ0n) is 10.5. The Bertz CT molecular complexity index is 658. The van der Waals surface area contributed by atoms with Crippen LogP contribution in [0.2, 0.25) is 0 Å². The van der Waals surface area contributed by atoms with Crippen LogP contribution in [0.5, 0.6) is 5.75 Å². The van der Waals surface area contributed by atoms with Crippen LogP contribution in [0.4, 0.5) is 23.2 Å². The van der Waals surface area contributed by atoms with E-state index >= 15 is 0 Å². The minimum Gasteiger partial charge on any atom is -0.487 e. The number of anilines is 1. The summed E-state index contributed by atoms with van der Waals surface area (Å²) in [5, 5.41) is 0. The van der Waals surface area contributed by atoms with E-state index < -0.39 is 17.6 Å². The van der Waals surface area contributed by atoms with E-state index in [0.717, 1.165) is 18.2 Å². The van der Waals surface area contributed by atoms with Gasteiger partial charge in [-0.25, -0.2) is 4.39 Å². The second-order valence-corrected chi connectivity index (χ2v) is 5.15. The van der Waals surface area contributed by atoms with Gasteiger partial charge in [0.25, 0.3) is 0 Å². The van der Waals surface area contributed by atoms with Crippen molar-refractivity contribution in [2.45, 2.75) is 12.8 Å². The third-order valence-electron chi connectivity index (χ3n) is 2.70. The van der Waals surface area contributed by atoms with Gasteiger partial charge in [0.1, 0.15) is 18.2 Å². The van der Waals surface area contributed by atoms with E-state index in [1.807, 2.05) is 0 Å². The van der Waals surface area contributed by atoms with E-state index in [4.69, 9.17) is 10.5 Å². The molecule has 0 amide bonds. The Morgan fingerprint density at radius 1 is 1.14 bits per heavy atom. The molecule has 21 heavy (non-hydrogen) atoms. The highest BCUT2D eigenvalue weighted by Crippen LogP contribution is 2.31. The van der Waals surface area contributed by atoms with Crippen LogP contribution in [0.15, 0.2) is 40.9 Å². The fourth-order valence-corrected chi connectivity index (χ4v) is 2.03.